The quantitative estimate of drug-likeness (QED) is 0.733. The highest BCUT2D eigenvalue weighted by atomic mass is 32.2. The van der Waals surface area contributed by atoms with E-state index in [-0.39, 0.29) is 5.78 Å². The standard InChI is InChI=1S/C17H18OS/c1-2-14-8-10-15(11-9-14)12-16(18)13-19-17-6-4-3-5-7-17/h3-11H,2,12-13H2,1H3. The molecule has 0 spiro atoms. The third-order valence-electron chi connectivity index (χ3n) is 2.98. The number of hydrogen-bond donors (Lipinski definition) is 0. The van der Waals surface area contributed by atoms with E-state index in [1.165, 1.54) is 5.56 Å². The van der Waals surface area contributed by atoms with E-state index in [1.807, 2.05) is 30.3 Å². The molecule has 0 radical (unpaired) electrons. The van der Waals surface area contributed by atoms with Gasteiger partial charge in [0.2, 0.25) is 0 Å². The van der Waals surface area contributed by atoms with Crippen LogP contribution in [-0.2, 0) is 17.6 Å². The Morgan fingerprint density at radius 1 is 0.947 bits per heavy atom. The number of carbonyl (C=O) groups is 1. The molecule has 0 aliphatic carbocycles. The summed E-state index contributed by atoms with van der Waals surface area (Å²) in [6.07, 6.45) is 1.57. The predicted molar refractivity (Wildman–Crippen MR) is 81.7 cm³/mol. The summed E-state index contributed by atoms with van der Waals surface area (Å²) >= 11 is 1.61. The minimum absolute atomic E-state index is 0.276. The molecule has 2 aromatic rings. The minimum Gasteiger partial charge on any atom is -0.298 e. The highest BCUT2D eigenvalue weighted by Gasteiger charge is 2.04. The van der Waals surface area contributed by atoms with Crippen LogP contribution in [0.5, 0.6) is 0 Å². The second-order valence-electron chi connectivity index (χ2n) is 4.49. The molecule has 0 bridgehead atoms. The van der Waals surface area contributed by atoms with Crippen LogP contribution in [0.2, 0.25) is 0 Å². The van der Waals surface area contributed by atoms with Gasteiger partial charge in [0, 0.05) is 11.3 Å². The fourth-order valence-corrected chi connectivity index (χ4v) is 2.63. The van der Waals surface area contributed by atoms with Crippen LogP contribution in [0.1, 0.15) is 18.1 Å². The second-order valence-corrected chi connectivity index (χ2v) is 5.54. The average molecular weight is 270 g/mol. The Morgan fingerprint density at radius 2 is 1.58 bits per heavy atom. The van der Waals surface area contributed by atoms with Gasteiger partial charge in [0.25, 0.3) is 0 Å². The number of rotatable bonds is 6. The molecule has 0 atom stereocenters. The van der Waals surface area contributed by atoms with Gasteiger partial charge in [0.1, 0.15) is 5.78 Å². The van der Waals surface area contributed by atoms with Gasteiger partial charge in [-0.05, 0) is 29.7 Å². The van der Waals surface area contributed by atoms with Gasteiger partial charge in [-0.25, -0.2) is 0 Å². The van der Waals surface area contributed by atoms with Crippen LogP contribution in [0.25, 0.3) is 0 Å². The summed E-state index contributed by atoms with van der Waals surface area (Å²) in [6.45, 7) is 2.14. The molecule has 0 saturated heterocycles. The van der Waals surface area contributed by atoms with Gasteiger partial charge >= 0.3 is 0 Å². The summed E-state index contributed by atoms with van der Waals surface area (Å²) in [7, 11) is 0. The summed E-state index contributed by atoms with van der Waals surface area (Å²) in [5, 5.41) is 0. The maximum Gasteiger partial charge on any atom is 0.147 e. The number of ketones is 1. The van der Waals surface area contributed by atoms with Crippen molar-refractivity contribution < 1.29 is 4.79 Å². The zero-order chi connectivity index (χ0) is 13.5. The predicted octanol–water partition coefficient (Wildman–Crippen LogP) is 4.15. The summed E-state index contributed by atoms with van der Waals surface area (Å²) in [5.41, 5.74) is 2.42. The molecule has 1 nitrogen and oxygen atoms in total. The first-order chi connectivity index (χ1) is 9.28. The molecule has 0 aliphatic rings. The lowest BCUT2D eigenvalue weighted by Crippen LogP contribution is -2.05. The molecule has 2 rings (SSSR count). The SMILES string of the molecule is CCc1ccc(CC(=O)CSc2ccccc2)cc1. The molecular formula is C17H18OS. The highest BCUT2D eigenvalue weighted by Crippen LogP contribution is 2.17. The van der Waals surface area contributed by atoms with Crippen LogP contribution in [0.3, 0.4) is 0 Å². The van der Waals surface area contributed by atoms with Crippen LogP contribution < -0.4 is 0 Å². The molecule has 0 aliphatic heterocycles. The van der Waals surface area contributed by atoms with Crippen molar-refractivity contribution in [3.8, 4) is 0 Å². The minimum atomic E-state index is 0.276. The van der Waals surface area contributed by atoms with Crippen LogP contribution in [0.4, 0.5) is 0 Å². The van der Waals surface area contributed by atoms with Crippen molar-refractivity contribution in [1.29, 1.82) is 0 Å². The van der Waals surface area contributed by atoms with Gasteiger partial charge in [0.15, 0.2) is 0 Å². The van der Waals surface area contributed by atoms with Crippen molar-refractivity contribution in [1.82, 2.24) is 0 Å². The van der Waals surface area contributed by atoms with E-state index in [0.29, 0.717) is 12.2 Å². The van der Waals surface area contributed by atoms with Crippen LogP contribution in [0.15, 0.2) is 59.5 Å². The Morgan fingerprint density at radius 3 is 2.21 bits per heavy atom. The molecule has 2 aromatic carbocycles. The van der Waals surface area contributed by atoms with Crippen molar-refractivity contribution in [2.24, 2.45) is 0 Å². The molecule has 0 unspecified atom stereocenters. The van der Waals surface area contributed by atoms with Crippen LogP contribution in [0, 0.1) is 0 Å². The van der Waals surface area contributed by atoms with E-state index >= 15 is 0 Å². The highest BCUT2D eigenvalue weighted by molar-refractivity contribution is 8.00. The Hall–Kier alpha value is -1.54. The summed E-state index contributed by atoms with van der Waals surface area (Å²) < 4.78 is 0. The van der Waals surface area contributed by atoms with Gasteiger partial charge in [-0.2, -0.15) is 0 Å². The molecule has 0 aromatic heterocycles. The van der Waals surface area contributed by atoms with Gasteiger partial charge < -0.3 is 0 Å². The van der Waals surface area contributed by atoms with E-state index in [0.717, 1.165) is 16.9 Å². The first-order valence-electron chi connectivity index (χ1n) is 6.55. The van der Waals surface area contributed by atoms with Crippen molar-refractivity contribution >= 4 is 17.5 Å². The lowest BCUT2D eigenvalue weighted by Gasteiger charge is -2.03. The van der Waals surface area contributed by atoms with Crippen LogP contribution in [-0.4, -0.2) is 11.5 Å². The third-order valence-corrected chi connectivity index (χ3v) is 4.05. The lowest BCUT2D eigenvalue weighted by molar-refractivity contribution is -0.116. The van der Waals surface area contributed by atoms with E-state index in [9.17, 15) is 4.79 Å². The molecule has 19 heavy (non-hydrogen) atoms. The molecule has 98 valence electrons. The number of benzene rings is 2. The second kappa shape index (κ2) is 7.15. The van der Waals surface area contributed by atoms with Crippen molar-refractivity contribution in [2.45, 2.75) is 24.7 Å². The Bertz CT molecular complexity index is 517. The average Bonchev–Trinajstić information content (AvgIpc) is 2.47. The van der Waals surface area contributed by atoms with Crippen LogP contribution >= 0.6 is 11.8 Å². The number of carbonyl (C=O) groups excluding carboxylic acids is 1. The monoisotopic (exact) mass is 270 g/mol. The van der Waals surface area contributed by atoms with E-state index in [1.54, 1.807) is 11.8 Å². The van der Waals surface area contributed by atoms with E-state index in [4.69, 9.17) is 0 Å². The smallest absolute Gasteiger partial charge is 0.147 e. The zero-order valence-electron chi connectivity index (χ0n) is 11.1. The Labute approximate surface area is 119 Å². The number of thioether (sulfide) groups is 1. The Kier molecular flexibility index (Phi) is 5.22. The molecule has 0 amide bonds. The van der Waals surface area contributed by atoms with Gasteiger partial charge in [-0.1, -0.05) is 49.4 Å². The van der Waals surface area contributed by atoms with Crippen molar-refractivity contribution in [3.63, 3.8) is 0 Å². The van der Waals surface area contributed by atoms with E-state index in [2.05, 4.69) is 31.2 Å². The summed E-state index contributed by atoms with van der Waals surface area (Å²) in [4.78, 5) is 13.1. The molecule has 2 heteroatoms. The molecule has 0 saturated carbocycles. The largest absolute Gasteiger partial charge is 0.298 e. The number of hydrogen-bond acceptors (Lipinski definition) is 2. The maximum absolute atomic E-state index is 11.9. The summed E-state index contributed by atoms with van der Waals surface area (Å²) in [5.74, 6) is 0.817. The van der Waals surface area contributed by atoms with Crippen molar-refractivity contribution in [2.75, 3.05) is 5.75 Å². The zero-order valence-corrected chi connectivity index (χ0v) is 12.0. The maximum atomic E-state index is 11.9. The fraction of sp³-hybridized carbons (Fsp3) is 0.235. The van der Waals surface area contributed by atoms with Gasteiger partial charge in [-0.3, -0.25) is 4.79 Å². The molecule has 0 N–H and O–H groups in total. The summed E-state index contributed by atoms with van der Waals surface area (Å²) in [6, 6.07) is 18.4. The topological polar surface area (TPSA) is 17.1 Å². The van der Waals surface area contributed by atoms with Gasteiger partial charge in [-0.15, -0.1) is 11.8 Å². The first kappa shape index (κ1) is 13.9. The number of aryl methyl sites for hydroxylation is 1. The van der Waals surface area contributed by atoms with E-state index < -0.39 is 0 Å². The number of Topliss-reactive ketones (excluding diaryl/α,β-unsaturated/α-hetero) is 1. The Balaban J connectivity index is 1.83. The third kappa shape index (κ3) is 4.56. The van der Waals surface area contributed by atoms with Gasteiger partial charge in [0.05, 0.1) is 5.75 Å². The normalized spacial score (nSPS) is 10.4. The first-order valence-corrected chi connectivity index (χ1v) is 7.54. The molecule has 0 fully saturated rings. The molecule has 0 heterocycles. The lowest BCUT2D eigenvalue weighted by atomic mass is 10.1. The van der Waals surface area contributed by atoms with Crippen molar-refractivity contribution in [3.05, 3.63) is 65.7 Å². The molecular weight excluding hydrogens is 252 g/mol. The fourth-order valence-electron chi connectivity index (χ4n) is 1.85.